The molecule has 8 heteroatoms. The van der Waals surface area contributed by atoms with Crippen molar-refractivity contribution >= 4 is 13.6 Å². The van der Waals surface area contributed by atoms with Crippen LogP contribution in [-0.4, -0.2) is 62.5 Å². The average molecular weight is 312 g/mol. The van der Waals surface area contributed by atoms with Crippen LogP contribution in [0.4, 0.5) is 0 Å². The van der Waals surface area contributed by atoms with E-state index in [1.54, 1.807) is 0 Å². The lowest BCUT2D eigenvalue weighted by Crippen LogP contribution is -2.50. The number of unbranched alkanes of at least 4 members (excludes halogenated alkanes) is 2. The second kappa shape index (κ2) is 7.52. The van der Waals surface area contributed by atoms with Crippen LogP contribution in [0, 0.1) is 0 Å². The number of rotatable bonds is 10. The number of carboxylic acids is 1. The highest BCUT2D eigenvalue weighted by atomic mass is 31.2. The fraction of sp³-hybridized carbons (Fsp3) is 0.917. The molecule has 4 N–H and O–H groups in total. The maximum absolute atomic E-state index is 11.2. The van der Waals surface area contributed by atoms with Crippen molar-refractivity contribution in [1.82, 2.24) is 0 Å². The van der Waals surface area contributed by atoms with Gasteiger partial charge in [-0.15, -0.1) is 0 Å². The third-order valence-corrected chi connectivity index (χ3v) is 5.27. The van der Waals surface area contributed by atoms with Crippen molar-refractivity contribution in [1.29, 1.82) is 0 Å². The highest BCUT2D eigenvalue weighted by Crippen LogP contribution is 2.51. The number of aliphatic carboxylic acids is 1. The number of hydrogen-bond acceptors (Lipinski definition) is 3. The molecule has 0 saturated carbocycles. The molecular weight excluding hydrogens is 285 g/mol. The lowest BCUT2D eigenvalue weighted by molar-refractivity contribution is -0.908. The van der Waals surface area contributed by atoms with Crippen LogP contribution < -0.4 is 0 Å². The van der Waals surface area contributed by atoms with Crippen LogP contribution in [0.2, 0.25) is 0 Å². The zero-order chi connectivity index (χ0) is 16.0. The molecule has 0 aromatic carbocycles. The molecule has 0 bridgehead atoms. The Balaban J connectivity index is 4.83. The van der Waals surface area contributed by atoms with Gasteiger partial charge >= 0.3 is 13.6 Å². The van der Waals surface area contributed by atoms with Crippen molar-refractivity contribution < 1.29 is 33.8 Å². The van der Waals surface area contributed by atoms with Crippen molar-refractivity contribution in [3.8, 4) is 0 Å². The van der Waals surface area contributed by atoms with E-state index in [9.17, 15) is 14.5 Å². The molecule has 2 unspecified atom stereocenters. The molecule has 0 aliphatic rings. The molecular formula is C12H27NO6P+. The largest absolute Gasteiger partial charge is 0.479 e. The topological polar surface area (TPSA) is 115 Å². The standard InChI is InChI=1S/C12H26NO6P/c1-4-6-7-9-13(3,5-2)10-8-12(16,11(14)15)20(17,18)19/h16H,4-10H2,1-3H3,(H2-,14,15,17,18,19)/p+1. The molecule has 0 aromatic heterocycles. The Labute approximate surface area is 120 Å². The zero-order valence-corrected chi connectivity index (χ0v) is 13.3. The summed E-state index contributed by atoms with van der Waals surface area (Å²) in [5, 5.41) is 15.7. The second-order valence-electron chi connectivity index (χ2n) is 5.51. The Bertz CT molecular complexity index is 371. The SMILES string of the molecule is CCCCC[N+](C)(CC)CCC(O)(C(=O)O)P(=O)(O)O. The van der Waals surface area contributed by atoms with Gasteiger partial charge in [-0.05, 0) is 19.8 Å². The Hall–Kier alpha value is -0.460. The minimum absolute atomic E-state index is 0.203. The van der Waals surface area contributed by atoms with Crippen LogP contribution in [0.3, 0.4) is 0 Å². The monoisotopic (exact) mass is 312 g/mol. The molecule has 0 fully saturated rings. The summed E-state index contributed by atoms with van der Waals surface area (Å²) >= 11 is 0. The van der Waals surface area contributed by atoms with Crippen LogP contribution in [0.25, 0.3) is 0 Å². The summed E-state index contributed by atoms with van der Waals surface area (Å²) in [5.74, 6) is -1.87. The lowest BCUT2D eigenvalue weighted by Gasteiger charge is -2.36. The number of hydrogen-bond donors (Lipinski definition) is 4. The number of quaternary nitrogens is 1. The first-order chi connectivity index (χ1) is 9.02. The van der Waals surface area contributed by atoms with E-state index < -0.39 is 25.3 Å². The Morgan fingerprint density at radius 2 is 1.75 bits per heavy atom. The predicted octanol–water partition coefficient (Wildman–Crippen LogP) is 0.984. The summed E-state index contributed by atoms with van der Waals surface area (Å²) in [6, 6.07) is 0. The van der Waals surface area contributed by atoms with E-state index >= 15 is 0 Å². The molecule has 7 nitrogen and oxygen atoms in total. The summed E-state index contributed by atoms with van der Waals surface area (Å²) in [5.41, 5.74) is 0. The molecule has 20 heavy (non-hydrogen) atoms. The first kappa shape index (κ1) is 19.5. The van der Waals surface area contributed by atoms with Crippen LogP contribution >= 0.6 is 7.60 Å². The van der Waals surface area contributed by atoms with Gasteiger partial charge in [-0.2, -0.15) is 0 Å². The third-order valence-electron chi connectivity index (χ3n) is 3.89. The summed E-state index contributed by atoms with van der Waals surface area (Å²) in [6.07, 6.45) is 2.60. The van der Waals surface area contributed by atoms with Crippen molar-refractivity contribution in [3.05, 3.63) is 0 Å². The van der Waals surface area contributed by atoms with E-state index in [1.165, 1.54) is 0 Å². The maximum Gasteiger partial charge on any atom is 0.368 e. The number of nitrogens with zero attached hydrogens (tertiary/aromatic N) is 1. The molecule has 0 aromatic rings. The van der Waals surface area contributed by atoms with Crippen molar-refractivity contribution in [3.63, 3.8) is 0 Å². The van der Waals surface area contributed by atoms with Gasteiger partial charge in [-0.1, -0.05) is 13.3 Å². The molecule has 0 heterocycles. The van der Waals surface area contributed by atoms with Gasteiger partial charge in [0.25, 0.3) is 5.34 Å². The molecule has 0 aliphatic carbocycles. The van der Waals surface area contributed by atoms with Crippen molar-refractivity contribution in [2.24, 2.45) is 0 Å². The van der Waals surface area contributed by atoms with E-state index in [4.69, 9.17) is 14.9 Å². The van der Waals surface area contributed by atoms with Gasteiger partial charge in [0.15, 0.2) is 0 Å². The van der Waals surface area contributed by atoms with E-state index in [2.05, 4.69) is 6.92 Å². The number of carboxylic acid groups (broad SMARTS) is 1. The minimum Gasteiger partial charge on any atom is -0.479 e. The summed E-state index contributed by atoms with van der Waals surface area (Å²) in [6.45, 7) is 5.71. The minimum atomic E-state index is -5.13. The molecule has 2 atom stereocenters. The van der Waals surface area contributed by atoms with Crippen molar-refractivity contribution in [2.45, 2.75) is 44.9 Å². The predicted molar refractivity (Wildman–Crippen MR) is 75.2 cm³/mol. The number of aliphatic hydroxyl groups is 1. The van der Waals surface area contributed by atoms with Crippen LogP contribution in [-0.2, 0) is 9.36 Å². The maximum atomic E-state index is 11.2. The van der Waals surface area contributed by atoms with Gasteiger partial charge < -0.3 is 24.5 Å². The molecule has 0 amide bonds. The summed E-state index contributed by atoms with van der Waals surface area (Å²) in [7, 11) is -3.23. The fourth-order valence-corrected chi connectivity index (χ4v) is 2.62. The second-order valence-corrected chi connectivity index (χ2v) is 7.33. The van der Waals surface area contributed by atoms with Gasteiger partial charge in [0.05, 0.1) is 26.7 Å². The van der Waals surface area contributed by atoms with Gasteiger partial charge in [0.1, 0.15) is 0 Å². The highest BCUT2D eigenvalue weighted by Gasteiger charge is 2.53. The molecule has 0 saturated heterocycles. The summed E-state index contributed by atoms with van der Waals surface area (Å²) < 4.78 is 11.7. The van der Waals surface area contributed by atoms with Gasteiger partial charge in [-0.25, -0.2) is 4.79 Å². The molecule has 0 aliphatic heterocycles. The molecule has 120 valence electrons. The summed E-state index contributed by atoms with van der Waals surface area (Å²) in [4.78, 5) is 29.1. The van der Waals surface area contributed by atoms with Gasteiger partial charge in [-0.3, -0.25) is 4.57 Å². The first-order valence-electron chi connectivity index (χ1n) is 6.87. The Kier molecular flexibility index (Phi) is 7.35. The van der Waals surface area contributed by atoms with E-state index in [0.717, 1.165) is 25.8 Å². The lowest BCUT2D eigenvalue weighted by atomic mass is 10.1. The fourth-order valence-electron chi connectivity index (χ4n) is 1.97. The van der Waals surface area contributed by atoms with E-state index in [0.29, 0.717) is 11.0 Å². The molecule has 0 spiro atoms. The molecule has 0 rings (SSSR count). The normalized spacial score (nSPS) is 18.3. The van der Waals surface area contributed by atoms with Gasteiger partial charge in [0.2, 0.25) is 0 Å². The quantitative estimate of drug-likeness (QED) is 0.272. The van der Waals surface area contributed by atoms with Crippen LogP contribution in [0.15, 0.2) is 0 Å². The Morgan fingerprint density at radius 3 is 2.10 bits per heavy atom. The Morgan fingerprint density at radius 1 is 1.20 bits per heavy atom. The van der Waals surface area contributed by atoms with E-state index in [1.807, 2.05) is 14.0 Å². The van der Waals surface area contributed by atoms with Crippen molar-refractivity contribution in [2.75, 3.05) is 26.7 Å². The third kappa shape index (κ3) is 5.14. The van der Waals surface area contributed by atoms with Gasteiger partial charge in [0, 0.05) is 6.42 Å². The highest BCUT2D eigenvalue weighted by molar-refractivity contribution is 7.54. The molecule has 0 radical (unpaired) electrons. The van der Waals surface area contributed by atoms with Crippen LogP contribution in [0.1, 0.15) is 39.5 Å². The zero-order valence-electron chi connectivity index (χ0n) is 12.4. The van der Waals surface area contributed by atoms with E-state index in [-0.39, 0.29) is 6.54 Å². The first-order valence-corrected chi connectivity index (χ1v) is 8.48. The average Bonchev–Trinajstić information content (AvgIpc) is 2.34. The smallest absolute Gasteiger partial charge is 0.368 e. The number of carbonyl (C=O) groups is 1. The van der Waals surface area contributed by atoms with Crippen LogP contribution in [0.5, 0.6) is 0 Å².